The Bertz CT molecular complexity index is 680. The lowest BCUT2D eigenvalue weighted by atomic mass is 9.97. The monoisotopic (exact) mass is 354 g/mol. The standard InChI is InChI=1S/C21H30N4O/c1-22-21(23-13-11-17-7-3-2-4-8-17)24-15-20(26)25-14-12-18-9-5-6-10-19(18)16-25/h5-7,9-10H,2-4,8,11-16H2,1H3,(H2,22,23,24). The van der Waals surface area contributed by atoms with Crippen LogP contribution in [0.3, 0.4) is 0 Å². The Morgan fingerprint density at radius 2 is 2.00 bits per heavy atom. The fourth-order valence-electron chi connectivity index (χ4n) is 3.67. The number of carbonyl (C=O) groups excluding carboxylic acids is 1. The van der Waals surface area contributed by atoms with Crippen LogP contribution in [-0.4, -0.2) is 43.4 Å². The molecule has 0 aromatic heterocycles. The van der Waals surface area contributed by atoms with Crippen molar-refractivity contribution in [2.75, 3.05) is 26.7 Å². The van der Waals surface area contributed by atoms with Crippen molar-refractivity contribution in [1.29, 1.82) is 0 Å². The second-order valence-corrected chi connectivity index (χ2v) is 7.04. The molecule has 1 aromatic rings. The minimum Gasteiger partial charge on any atom is -0.356 e. The van der Waals surface area contributed by atoms with Crippen LogP contribution in [-0.2, 0) is 17.8 Å². The molecular weight excluding hydrogens is 324 g/mol. The van der Waals surface area contributed by atoms with Gasteiger partial charge >= 0.3 is 0 Å². The molecule has 1 aromatic carbocycles. The first kappa shape index (κ1) is 18.5. The number of nitrogens with one attached hydrogen (secondary N) is 2. The van der Waals surface area contributed by atoms with Crippen molar-refractivity contribution in [3.8, 4) is 0 Å². The zero-order chi connectivity index (χ0) is 18.2. The Hall–Kier alpha value is -2.30. The van der Waals surface area contributed by atoms with Crippen LogP contribution >= 0.6 is 0 Å². The van der Waals surface area contributed by atoms with Crippen LogP contribution in [0.2, 0.25) is 0 Å². The molecule has 0 atom stereocenters. The molecule has 0 saturated heterocycles. The Balaban J connectivity index is 1.41. The number of aliphatic imine (C=N–C) groups is 1. The largest absolute Gasteiger partial charge is 0.356 e. The van der Waals surface area contributed by atoms with Crippen LogP contribution in [0.25, 0.3) is 0 Å². The lowest BCUT2D eigenvalue weighted by Crippen LogP contribution is -2.46. The van der Waals surface area contributed by atoms with Gasteiger partial charge in [-0.05, 0) is 49.7 Å². The molecule has 2 N–H and O–H groups in total. The van der Waals surface area contributed by atoms with Gasteiger partial charge in [0.05, 0.1) is 6.54 Å². The molecule has 5 nitrogen and oxygen atoms in total. The number of hydrogen-bond acceptors (Lipinski definition) is 2. The van der Waals surface area contributed by atoms with E-state index in [2.05, 4.69) is 39.9 Å². The van der Waals surface area contributed by atoms with Gasteiger partial charge < -0.3 is 15.5 Å². The highest BCUT2D eigenvalue weighted by atomic mass is 16.2. The van der Waals surface area contributed by atoms with Gasteiger partial charge in [0, 0.05) is 26.7 Å². The quantitative estimate of drug-likeness (QED) is 0.485. The molecule has 1 aliphatic carbocycles. The second kappa shape index (κ2) is 9.41. The number of fused-ring (bicyclic) bond motifs is 1. The molecule has 2 aliphatic rings. The van der Waals surface area contributed by atoms with Crippen LogP contribution in [0.5, 0.6) is 0 Å². The van der Waals surface area contributed by atoms with Crippen molar-refractivity contribution in [2.24, 2.45) is 4.99 Å². The van der Waals surface area contributed by atoms with E-state index in [-0.39, 0.29) is 12.5 Å². The van der Waals surface area contributed by atoms with Crippen molar-refractivity contribution < 1.29 is 4.79 Å². The van der Waals surface area contributed by atoms with Crippen molar-refractivity contribution in [3.05, 3.63) is 47.0 Å². The normalized spacial score (nSPS) is 17.3. The maximum atomic E-state index is 12.5. The molecule has 1 amide bonds. The number of rotatable bonds is 5. The van der Waals surface area contributed by atoms with E-state index in [0.29, 0.717) is 12.5 Å². The summed E-state index contributed by atoms with van der Waals surface area (Å²) in [6, 6.07) is 8.38. The first-order chi connectivity index (χ1) is 12.8. The zero-order valence-electron chi connectivity index (χ0n) is 15.8. The molecule has 0 saturated carbocycles. The van der Waals surface area contributed by atoms with E-state index in [1.807, 2.05) is 11.0 Å². The molecule has 3 rings (SSSR count). The van der Waals surface area contributed by atoms with Gasteiger partial charge in [-0.3, -0.25) is 9.79 Å². The molecular formula is C21H30N4O. The number of nitrogens with zero attached hydrogens (tertiary/aromatic N) is 2. The topological polar surface area (TPSA) is 56.7 Å². The number of carbonyl (C=O) groups is 1. The molecule has 26 heavy (non-hydrogen) atoms. The van der Waals surface area contributed by atoms with Crippen LogP contribution in [0.15, 0.2) is 40.9 Å². The maximum Gasteiger partial charge on any atom is 0.242 e. The van der Waals surface area contributed by atoms with Gasteiger partial charge in [0.25, 0.3) is 0 Å². The average molecular weight is 354 g/mol. The summed E-state index contributed by atoms with van der Waals surface area (Å²) >= 11 is 0. The summed E-state index contributed by atoms with van der Waals surface area (Å²) in [6.45, 7) is 2.63. The van der Waals surface area contributed by atoms with Gasteiger partial charge in [-0.1, -0.05) is 35.9 Å². The third kappa shape index (κ3) is 5.10. The van der Waals surface area contributed by atoms with Crippen LogP contribution in [0, 0.1) is 0 Å². The molecule has 1 heterocycles. The highest BCUT2D eigenvalue weighted by molar-refractivity contribution is 5.86. The Labute approximate surface area is 156 Å². The number of benzene rings is 1. The number of allylic oxidation sites excluding steroid dienone is 1. The summed E-state index contributed by atoms with van der Waals surface area (Å²) in [5.41, 5.74) is 4.16. The fraction of sp³-hybridized carbons (Fsp3) is 0.524. The van der Waals surface area contributed by atoms with Crippen LogP contribution in [0.4, 0.5) is 0 Å². The smallest absolute Gasteiger partial charge is 0.242 e. The lowest BCUT2D eigenvalue weighted by Gasteiger charge is -2.29. The Morgan fingerprint density at radius 3 is 2.77 bits per heavy atom. The van der Waals surface area contributed by atoms with E-state index in [1.165, 1.54) is 36.8 Å². The van der Waals surface area contributed by atoms with Crippen molar-refractivity contribution >= 4 is 11.9 Å². The molecule has 0 spiro atoms. The number of amides is 1. The summed E-state index contributed by atoms with van der Waals surface area (Å²) < 4.78 is 0. The third-order valence-electron chi connectivity index (χ3n) is 5.24. The molecule has 0 fully saturated rings. The van der Waals surface area contributed by atoms with E-state index in [1.54, 1.807) is 12.6 Å². The van der Waals surface area contributed by atoms with Gasteiger partial charge in [0.2, 0.25) is 5.91 Å². The predicted octanol–water partition coefficient (Wildman–Crippen LogP) is 2.63. The van der Waals surface area contributed by atoms with Crippen molar-refractivity contribution in [3.63, 3.8) is 0 Å². The summed E-state index contributed by atoms with van der Waals surface area (Å²) in [4.78, 5) is 18.7. The summed E-state index contributed by atoms with van der Waals surface area (Å²) in [7, 11) is 1.75. The van der Waals surface area contributed by atoms with Gasteiger partial charge in [0.15, 0.2) is 5.96 Å². The van der Waals surface area contributed by atoms with E-state index < -0.39 is 0 Å². The predicted molar refractivity (Wildman–Crippen MR) is 106 cm³/mol. The first-order valence-electron chi connectivity index (χ1n) is 9.73. The van der Waals surface area contributed by atoms with Crippen LogP contribution < -0.4 is 10.6 Å². The summed E-state index contributed by atoms with van der Waals surface area (Å²) in [5, 5.41) is 6.47. The van der Waals surface area contributed by atoms with E-state index in [4.69, 9.17) is 0 Å². The number of guanidine groups is 1. The zero-order valence-corrected chi connectivity index (χ0v) is 15.8. The van der Waals surface area contributed by atoms with E-state index in [0.717, 1.165) is 25.9 Å². The SMILES string of the molecule is CN=C(NCCC1=CCCCC1)NCC(=O)N1CCc2ccccc2C1. The molecule has 0 bridgehead atoms. The first-order valence-corrected chi connectivity index (χ1v) is 9.73. The molecule has 0 radical (unpaired) electrons. The Morgan fingerprint density at radius 1 is 1.15 bits per heavy atom. The summed E-state index contributed by atoms with van der Waals surface area (Å²) in [6.07, 6.45) is 9.44. The van der Waals surface area contributed by atoms with Gasteiger partial charge in [-0.25, -0.2) is 0 Å². The average Bonchev–Trinajstić information content (AvgIpc) is 2.70. The maximum absolute atomic E-state index is 12.5. The molecule has 0 unspecified atom stereocenters. The molecule has 5 heteroatoms. The Kier molecular flexibility index (Phi) is 6.69. The fourth-order valence-corrected chi connectivity index (χ4v) is 3.67. The second-order valence-electron chi connectivity index (χ2n) is 7.04. The van der Waals surface area contributed by atoms with Gasteiger partial charge in [0.1, 0.15) is 0 Å². The van der Waals surface area contributed by atoms with Gasteiger partial charge in [-0.15, -0.1) is 0 Å². The minimum atomic E-state index is 0.123. The highest BCUT2D eigenvalue weighted by Crippen LogP contribution is 2.19. The molecule has 1 aliphatic heterocycles. The van der Waals surface area contributed by atoms with Crippen LogP contribution in [0.1, 0.15) is 43.2 Å². The van der Waals surface area contributed by atoms with Crippen molar-refractivity contribution in [1.82, 2.24) is 15.5 Å². The highest BCUT2D eigenvalue weighted by Gasteiger charge is 2.20. The number of hydrogen-bond donors (Lipinski definition) is 2. The van der Waals surface area contributed by atoms with E-state index >= 15 is 0 Å². The minimum absolute atomic E-state index is 0.123. The molecule has 140 valence electrons. The van der Waals surface area contributed by atoms with Crippen molar-refractivity contribution in [2.45, 2.75) is 45.1 Å². The van der Waals surface area contributed by atoms with Gasteiger partial charge in [-0.2, -0.15) is 0 Å². The summed E-state index contributed by atoms with van der Waals surface area (Å²) in [5.74, 6) is 0.824. The lowest BCUT2D eigenvalue weighted by molar-refractivity contribution is -0.130. The van der Waals surface area contributed by atoms with E-state index in [9.17, 15) is 4.79 Å². The third-order valence-corrected chi connectivity index (χ3v) is 5.24.